The van der Waals surface area contributed by atoms with E-state index in [4.69, 9.17) is 12.2 Å². The van der Waals surface area contributed by atoms with Crippen molar-refractivity contribution in [2.75, 3.05) is 0 Å². The normalized spacial score (nSPS) is 16.4. The summed E-state index contributed by atoms with van der Waals surface area (Å²) in [7, 11) is 0. The quantitative estimate of drug-likeness (QED) is 0.425. The molecule has 1 aliphatic rings. The number of aromatic hydroxyl groups is 1. The Morgan fingerprint density at radius 3 is 2.70 bits per heavy atom. The summed E-state index contributed by atoms with van der Waals surface area (Å²) in [6, 6.07) is 15.0. The maximum absolute atomic E-state index is 12.6. The molecule has 3 rings (SSSR count). The minimum Gasteiger partial charge on any atom is -0.507 e. The minimum absolute atomic E-state index is 0.123. The summed E-state index contributed by atoms with van der Waals surface area (Å²) < 4.78 is 1.53. The number of phenols is 1. The number of nitrogens with zero attached hydrogens (tertiary/aromatic N) is 1. The summed E-state index contributed by atoms with van der Waals surface area (Å²) in [5.41, 5.74) is 1.65. The van der Waals surface area contributed by atoms with Gasteiger partial charge in [0.05, 0.1) is 11.4 Å². The summed E-state index contributed by atoms with van der Waals surface area (Å²) in [6.45, 7) is 0.459. The lowest BCUT2D eigenvalue weighted by Crippen LogP contribution is -2.27. The van der Waals surface area contributed by atoms with Crippen LogP contribution >= 0.6 is 46.6 Å². The number of amides is 1. The molecule has 3 nitrogen and oxygen atoms in total. The molecule has 0 bridgehead atoms. The van der Waals surface area contributed by atoms with Crippen LogP contribution in [-0.2, 0) is 11.3 Å². The van der Waals surface area contributed by atoms with Crippen LogP contribution in [0, 0.1) is 3.57 Å². The maximum Gasteiger partial charge on any atom is 0.266 e. The summed E-state index contributed by atoms with van der Waals surface area (Å²) in [6.07, 6.45) is 1.70. The van der Waals surface area contributed by atoms with Gasteiger partial charge in [-0.1, -0.05) is 54.3 Å². The predicted octanol–water partition coefficient (Wildman–Crippen LogP) is 4.40. The second kappa shape index (κ2) is 7.02. The molecule has 1 heterocycles. The summed E-state index contributed by atoms with van der Waals surface area (Å²) in [4.78, 5) is 14.7. The van der Waals surface area contributed by atoms with Gasteiger partial charge in [0.25, 0.3) is 5.91 Å². The first kappa shape index (κ1) is 16.5. The van der Waals surface area contributed by atoms with Crippen molar-refractivity contribution < 1.29 is 9.90 Å². The molecule has 0 atom stereocenters. The van der Waals surface area contributed by atoms with Gasteiger partial charge >= 0.3 is 0 Å². The number of phenolic OH excluding ortho intramolecular Hbond substituents is 1. The van der Waals surface area contributed by atoms with Crippen LogP contribution in [0.1, 0.15) is 11.1 Å². The molecule has 1 N–H and O–H groups in total. The standard InChI is InChI=1S/C17H12INO2S2/c18-13-6-7-14(20)12(8-13)9-15-16(21)19(17(22)23-15)10-11-4-2-1-3-5-11/h1-9,20H,10H2/b15-9-. The van der Waals surface area contributed by atoms with Crippen molar-refractivity contribution in [2.45, 2.75) is 6.54 Å². The van der Waals surface area contributed by atoms with E-state index in [-0.39, 0.29) is 11.7 Å². The molecule has 1 fully saturated rings. The zero-order chi connectivity index (χ0) is 16.4. The van der Waals surface area contributed by atoms with Crippen LogP contribution < -0.4 is 0 Å². The lowest BCUT2D eigenvalue weighted by Gasteiger charge is -2.14. The van der Waals surface area contributed by atoms with E-state index < -0.39 is 0 Å². The Morgan fingerprint density at radius 2 is 1.96 bits per heavy atom. The molecule has 2 aromatic carbocycles. The fourth-order valence-corrected chi connectivity index (χ4v) is 3.95. The maximum atomic E-state index is 12.6. The minimum atomic E-state index is -0.123. The van der Waals surface area contributed by atoms with Gasteiger partial charge in [-0.2, -0.15) is 0 Å². The molecule has 0 radical (unpaired) electrons. The van der Waals surface area contributed by atoms with E-state index >= 15 is 0 Å². The van der Waals surface area contributed by atoms with E-state index in [1.54, 1.807) is 17.0 Å². The number of hydrogen-bond acceptors (Lipinski definition) is 4. The zero-order valence-electron chi connectivity index (χ0n) is 11.9. The molecule has 0 spiro atoms. The van der Waals surface area contributed by atoms with Gasteiger partial charge in [-0.05, 0) is 52.4 Å². The molecular weight excluding hydrogens is 441 g/mol. The van der Waals surface area contributed by atoms with Gasteiger partial charge < -0.3 is 5.11 Å². The van der Waals surface area contributed by atoms with E-state index in [0.717, 1.165) is 9.13 Å². The van der Waals surface area contributed by atoms with Crippen molar-refractivity contribution >= 4 is 62.9 Å². The molecule has 0 aromatic heterocycles. The Bertz CT molecular complexity index is 805. The van der Waals surface area contributed by atoms with Crippen molar-refractivity contribution in [1.29, 1.82) is 0 Å². The Morgan fingerprint density at radius 1 is 1.22 bits per heavy atom. The van der Waals surface area contributed by atoms with E-state index in [1.807, 2.05) is 42.5 Å². The van der Waals surface area contributed by atoms with Crippen LogP contribution in [0.3, 0.4) is 0 Å². The van der Waals surface area contributed by atoms with Crippen molar-refractivity contribution in [3.05, 3.63) is 68.1 Å². The molecule has 0 unspecified atom stereocenters. The van der Waals surface area contributed by atoms with Crippen molar-refractivity contribution in [2.24, 2.45) is 0 Å². The smallest absolute Gasteiger partial charge is 0.266 e. The molecule has 1 aliphatic heterocycles. The first-order valence-corrected chi connectivity index (χ1v) is 9.13. The number of thioether (sulfide) groups is 1. The van der Waals surface area contributed by atoms with E-state index in [1.165, 1.54) is 11.8 Å². The van der Waals surface area contributed by atoms with Crippen LogP contribution in [-0.4, -0.2) is 20.2 Å². The molecule has 2 aromatic rings. The Labute approximate surface area is 157 Å². The van der Waals surface area contributed by atoms with Gasteiger partial charge in [0.1, 0.15) is 10.1 Å². The Hall–Kier alpha value is -1.38. The molecule has 0 aliphatic carbocycles. The third-order valence-electron chi connectivity index (χ3n) is 3.33. The number of thiocarbonyl (C=S) groups is 1. The van der Waals surface area contributed by atoms with Gasteiger partial charge in [-0.25, -0.2) is 0 Å². The van der Waals surface area contributed by atoms with Gasteiger partial charge in [-0.15, -0.1) is 0 Å². The highest BCUT2D eigenvalue weighted by Gasteiger charge is 2.32. The summed E-state index contributed by atoms with van der Waals surface area (Å²) in [5.74, 6) is 0.0286. The first-order chi connectivity index (χ1) is 11.0. The molecular formula is C17H12INO2S2. The monoisotopic (exact) mass is 453 g/mol. The molecule has 1 saturated heterocycles. The second-order valence-corrected chi connectivity index (χ2v) is 7.88. The van der Waals surface area contributed by atoms with Crippen LogP contribution in [0.4, 0.5) is 0 Å². The van der Waals surface area contributed by atoms with Gasteiger partial charge in [0.15, 0.2) is 0 Å². The van der Waals surface area contributed by atoms with Crippen LogP contribution in [0.15, 0.2) is 53.4 Å². The van der Waals surface area contributed by atoms with Gasteiger partial charge in [0.2, 0.25) is 0 Å². The van der Waals surface area contributed by atoms with E-state index in [2.05, 4.69) is 22.6 Å². The SMILES string of the molecule is O=C1/C(=C/c2cc(I)ccc2O)SC(=S)N1Cc1ccccc1. The topological polar surface area (TPSA) is 40.5 Å². The van der Waals surface area contributed by atoms with E-state index in [9.17, 15) is 9.90 Å². The highest BCUT2D eigenvalue weighted by atomic mass is 127. The third kappa shape index (κ3) is 3.76. The average Bonchev–Trinajstić information content (AvgIpc) is 2.80. The molecule has 23 heavy (non-hydrogen) atoms. The fraction of sp³-hybridized carbons (Fsp3) is 0.0588. The molecule has 0 saturated carbocycles. The molecule has 6 heteroatoms. The fourth-order valence-electron chi connectivity index (χ4n) is 2.18. The van der Waals surface area contributed by atoms with Crippen molar-refractivity contribution in [1.82, 2.24) is 4.90 Å². The number of carbonyl (C=O) groups is 1. The molecule has 1 amide bonds. The highest BCUT2D eigenvalue weighted by molar-refractivity contribution is 14.1. The second-order valence-electron chi connectivity index (χ2n) is 4.96. The first-order valence-electron chi connectivity index (χ1n) is 6.82. The Balaban J connectivity index is 1.86. The number of carbonyl (C=O) groups excluding carboxylic acids is 1. The van der Waals surface area contributed by atoms with Crippen molar-refractivity contribution in [3.8, 4) is 5.75 Å². The number of hydrogen-bond donors (Lipinski definition) is 1. The van der Waals surface area contributed by atoms with Crippen LogP contribution in [0.5, 0.6) is 5.75 Å². The largest absolute Gasteiger partial charge is 0.507 e. The number of benzene rings is 2. The van der Waals surface area contributed by atoms with Crippen molar-refractivity contribution in [3.63, 3.8) is 0 Å². The zero-order valence-corrected chi connectivity index (χ0v) is 15.7. The number of rotatable bonds is 3. The lowest BCUT2D eigenvalue weighted by molar-refractivity contribution is -0.122. The van der Waals surface area contributed by atoms with E-state index in [0.29, 0.717) is 21.3 Å². The van der Waals surface area contributed by atoms with Gasteiger partial charge in [-0.3, -0.25) is 9.69 Å². The number of halogens is 1. The summed E-state index contributed by atoms with van der Waals surface area (Å²) in [5, 5.41) is 9.93. The summed E-state index contributed by atoms with van der Waals surface area (Å²) >= 11 is 8.77. The Kier molecular flexibility index (Phi) is 5.03. The predicted molar refractivity (Wildman–Crippen MR) is 106 cm³/mol. The van der Waals surface area contributed by atoms with Gasteiger partial charge in [0, 0.05) is 9.13 Å². The molecule has 116 valence electrons. The van der Waals surface area contributed by atoms with Crippen LogP contribution in [0.25, 0.3) is 6.08 Å². The lowest BCUT2D eigenvalue weighted by atomic mass is 10.2. The highest BCUT2D eigenvalue weighted by Crippen LogP contribution is 2.35. The third-order valence-corrected chi connectivity index (χ3v) is 5.38. The van der Waals surface area contributed by atoms with Crippen LogP contribution in [0.2, 0.25) is 0 Å². The average molecular weight is 453 g/mol.